The molecule has 0 saturated carbocycles. The zero-order chi connectivity index (χ0) is 26.6. The summed E-state index contributed by atoms with van der Waals surface area (Å²) in [5.41, 5.74) is 9.63. The molecular formula is C37H23N3. The van der Waals surface area contributed by atoms with Crippen molar-refractivity contribution < 1.29 is 0 Å². The van der Waals surface area contributed by atoms with Crippen LogP contribution in [0.2, 0.25) is 0 Å². The monoisotopic (exact) mass is 509 g/mol. The zero-order valence-corrected chi connectivity index (χ0v) is 21.6. The lowest BCUT2D eigenvalue weighted by molar-refractivity contribution is 1.18. The predicted molar refractivity (Wildman–Crippen MR) is 167 cm³/mol. The van der Waals surface area contributed by atoms with E-state index >= 15 is 0 Å². The van der Waals surface area contributed by atoms with Crippen LogP contribution in [0.5, 0.6) is 0 Å². The van der Waals surface area contributed by atoms with Gasteiger partial charge in [0, 0.05) is 27.1 Å². The Morgan fingerprint density at radius 2 is 0.900 bits per heavy atom. The SMILES string of the molecule is [C-]#[N+]c1ccccc1-n1c2ccccc2c2cc(-c3ccccc3-n3c4ccccc4c4ccccc43)ccc21. The second-order valence-corrected chi connectivity index (χ2v) is 10.1. The minimum Gasteiger partial charge on any atom is -0.319 e. The lowest BCUT2D eigenvalue weighted by Crippen LogP contribution is -1.97. The Labute approximate surface area is 231 Å². The first-order valence-corrected chi connectivity index (χ1v) is 13.4. The molecule has 0 aliphatic rings. The van der Waals surface area contributed by atoms with Gasteiger partial charge in [-0.25, -0.2) is 4.85 Å². The van der Waals surface area contributed by atoms with Gasteiger partial charge in [-0.05, 0) is 48.0 Å². The molecule has 0 spiro atoms. The largest absolute Gasteiger partial charge is 0.319 e. The van der Waals surface area contributed by atoms with Gasteiger partial charge in [0.1, 0.15) is 0 Å². The van der Waals surface area contributed by atoms with Crippen LogP contribution in [0.25, 0.3) is 71.0 Å². The third-order valence-electron chi connectivity index (χ3n) is 7.95. The first-order chi connectivity index (χ1) is 19.8. The van der Waals surface area contributed by atoms with Crippen molar-refractivity contribution in [1.82, 2.24) is 9.13 Å². The lowest BCUT2D eigenvalue weighted by Gasteiger charge is -2.14. The van der Waals surface area contributed by atoms with Crippen LogP contribution in [-0.2, 0) is 0 Å². The zero-order valence-electron chi connectivity index (χ0n) is 21.6. The highest BCUT2D eigenvalue weighted by Crippen LogP contribution is 2.40. The molecule has 0 unspecified atom stereocenters. The maximum atomic E-state index is 7.77. The van der Waals surface area contributed by atoms with Gasteiger partial charge < -0.3 is 9.13 Å². The molecule has 0 fully saturated rings. The van der Waals surface area contributed by atoms with E-state index in [4.69, 9.17) is 6.57 Å². The summed E-state index contributed by atoms with van der Waals surface area (Å²) in [7, 11) is 0. The molecule has 186 valence electrons. The number of para-hydroxylation sites is 6. The Balaban J connectivity index is 1.41. The molecule has 6 aromatic carbocycles. The van der Waals surface area contributed by atoms with Gasteiger partial charge in [0.25, 0.3) is 0 Å². The molecular weight excluding hydrogens is 486 g/mol. The van der Waals surface area contributed by atoms with Crippen LogP contribution in [0.15, 0.2) is 140 Å². The molecule has 0 amide bonds. The summed E-state index contributed by atoms with van der Waals surface area (Å²) in [5, 5.41) is 4.85. The highest BCUT2D eigenvalue weighted by molar-refractivity contribution is 6.12. The van der Waals surface area contributed by atoms with Crippen molar-refractivity contribution in [2.75, 3.05) is 0 Å². The number of hydrogen-bond donors (Lipinski definition) is 0. The van der Waals surface area contributed by atoms with E-state index in [1.807, 2.05) is 24.3 Å². The van der Waals surface area contributed by atoms with Gasteiger partial charge in [-0.1, -0.05) is 97.1 Å². The summed E-state index contributed by atoms with van der Waals surface area (Å²) in [6.45, 7) is 7.77. The second-order valence-electron chi connectivity index (χ2n) is 10.1. The first-order valence-electron chi connectivity index (χ1n) is 13.4. The van der Waals surface area contributed by atoms with Crippen molar-refractivity contribution in [2.45, 2.75) is 0 Å². The summed E-state index contributed by atoms with van der Waals surface area (Å²) in [6.07, 6.45) is 0. The van der Waals surface area contributed by atoms with E-state index in [-0.39, 0.29) is 0 Å². The molecule has 40 heavy (non-hydrogen) atoms. The van der Waals surface area contributed by atoms with Crippen molar-refractivity contribution in [2.24, 2.45) is 0 Å². The molecule has 0 saturated heterocycles. The van der Waals surface area contributed by atoms with E-state index in [9.17, 15) is 0 Å². The molecule has 0 atom stereocenters. The molecule has 2 aromatic heterocycles. The third-order valence-corrected chi connectivity index (χ3v) is 7.95. The molecule has 8 aromatic rings. The van der Waals surface area contributed by atoms with Crippen LogP contribution in [0.4, 0.5) is 5.69 Å². The number of hydrogen-bond acceptors (Lipinski definition) is 0. The third kappa shape index (κ3) is 3.17. The van der Waals surface area contributed by atoms with Crippen LogP contribution in [0, 0.1) is 6.57 Å². The van der Waals surface area contributed by atoms with Crippen LogP contribution >= 0.6 is 0 Å². The molecule has 0 aliphatic carbocycles. The summed E-state index contributed by atoms with van der Waals surface area (Å²) in [6, 6.07) is 49.0. The van der Waals surface area contributed by atoms with Gasteiger partial charge in [0.05, 0.1) is 40.0 Å². The number of rotatable bonds is 3. The van der Waals surface area contributed by atoms with Crippen molar-refractivity contribution >= 4 is 49.3 Å². The molecule has 0 N–H and O–H groups in total. The second kappa shape index (κ2) is 8.73. The summed E-state index contributed by atoms with van der Waals surface area (Å²) < 4.78 is 4.61. The average molecular weight is 510 g/mol. The van der Waals surface area contributed by atoms with Crippen molar-refractivity contribution in [3.8, 4) is 22.5 Å². The smallest absolute Gasteiger partial charge is 0.210 e. The topological polar surface area (TPSA) is 14.2 Å². The maximum Gasteiger partial charge on any atom is 0.210 e. The fourth-order valence-corrected chi connectivity index (χ4v) is 6.24. The van der Waals surface area contributed by atoms with Crippen molar-refractivity contribution in [3.05, 3.63) is 151 Å². The van der Waals surface area contributed by atoms with Gasteiger partial charge in [-0.3, -0.25) is 0 Å². The molecule has 0 aliphatic heterocycles. The number of fused-ring (bicyclic) bond motifs is 6. The molecule has 0 radical (unpaired) electrons. The maximum absolute atomic E-state index is 7.77. The number of benzene rings is 6. The van der Waals surface area contributed by atoms with E-state index < -0.39 is 0 Å². The highest BCUT2D eigenvalue weighted by atomic mass is 15.0. The predicted octanol–water partition coefficient (Wildman–Crippen LogP) is 10.1. The van der Waals surface area contributed by atoms with E-state index in [0.29, 0.717) is 5.69 Å². The normalized spacial score (nSPS) is 11.5. The molecule has 3 nitrogen and oxygen atoms in total. The number of aromatic nitrogens is 2. The minimum atomic E-state index is 0.644. The Morgan fingerprint density at radius 1 is 0.425 bits per heavy atom. The summed E-state index contributed by atoms with van der Waals surface area (Å²) in [5.74, 6) is 0. The van der Waals surface area contributed by atoms with Gasteiger partial charge >= 0.3 is 0 Å². The van der Waals surface area contributed by atoms with Crippen LogP contribution < -0.4 is 0 Å². The van der Waals surface area contributed by atoms with Gasteiger partial charge in [0.2, 0.25) is 5.69 Å². The summed E-state index contributed by atoms with van der Waals surface area (Å²) >= 11 is 0. The fraction of sp³-hybridized carbons (Fsp3) is 0. The van der Waals surface area contributed by atoms with E-state index in [1.54, 1.807) is 0 Å². The van der Waals surface area contributed by atoms with Crippen LogP contribution in [0.1, 0.15) is 0 Å². The van der Waals surface area contributed by atoms with Gasteiger partial charge in [0.15, 0.2) is 0 Å². The van der Waals surface area contributed by atoms with Gasteiger partial charge in [-0.2, -0.15) is 0 Å². The Hall–Kier alpha value is -5.59. The first kappa shape index (κ1) is 22.4. The highest BCUT2D eigenvalue weighted by Gasteiger charge is 2.18. The molecule has 3 heteroatoms. The standard InChI is InChI=1S/C37H23N3/c1-38-31-16-6-11-21-37(31)40-35-20-10-5-15-29(35)30-24-25(22-23-36(30)40)26-12-2-7-17-32(26)39-33-18-8-3-13-27(33)28-14-4-9-19-34(28)39/h2-24H. The molecule has 8 rings (SSSR count). The Morgan fingerprint density at radius 3 is 1.55 bits per heavy atom. The lowest BCUT2D eigenvalue weighted by atomic mass is 10.0. The fourth-order valence-electron chi connectivity index (χ4n) is 6.24. The summed E-state index contributed by atoms with van der Waals surface area (Å²) in [4.78, 5) is 3.82. The molecule has 2 heterocycles. The Bertz CT molecular complexity index is 2240. The van der Waals surface area contributed by atoms with E-state index in [0.717, 1.165) is 28.0 Å². The minimum absolute atomic E-state index is 0.644. The Kier molecular flexibility index (Phi) is 4.89. The van der Waals surface area contributed by atoms with Crippen molar-refractivity contribution in [1.29, 1.82) is 0 Å². The molecule has 0 bridgehead atoms. The van der Waals surface area contributed by atoms with E-state index in [1.165, 1.54) is 38.1 Å². The quantitative estimate of drug-likeness (QED) is 0.210. The van der Waals surface area contributed by atoms with E-state index in [2.05, 4.69) is 129 Å². The number of nitrogens with zero attached hydrogens (tertiary/aromatic N) is 3. The van der Waals surface area contributed by atoms with Gasteiger partial charge in [-0.15, -0.1) is 0 Å². The van der Waals surface area contributed by atoms with Crippen LogP contribution in [-0.4, -0.2) is 9.13 Å². The van der Waals surface area contributed by atoms with Crippen molar-refractivity contribution in [3.63, 3.8) is 0 Å². The van der Waals surface area contributed by atoms with Crippen LogP contribution in [0.3, 0.4) is 0 Å². The average Bonchev–Trinajstić information content (AvgIpc) is 3.53.